The van der Waals surface area contributed by atoms with E-state index in [1.165, 1.54) is 10.6 Å². The van der Waals surface area contributed by atoms with Crippen LogP contribution in [0.5, 0.6) is 5.75 Å². The van der Waals surface area contributed by atoms with Gasteiger partial charge in [0.25, 0.3) is 0 Å². The van der Waals surface area contributed by atoms with Crippen LogP contribution in [-0.4, -0.2) is 63.4 Å². The first kappa shape index (κ1) is 28.0. The molecule has 0 unspecified atom stereocenters. The summed E-state index contributed by atoms with van der Waals surface area (Å²) in [6, 6.07) is 13.6. The normalized spacial score (nSPS) is 16.9. The predicted molar refractivity (Wildman–Crippen MR) is 159 cm³/mol. The lowest BCUT2D eigenvalue weighted by Gasteiger charge is -2.41. The van der Waals surface area contributed by atoms with Gasteiger partial charge in [0.05, 0.1) is 34.0 Å². The van der Waals surface area contributed by atoms with Crippen LogP contribution in [0.15, 0.2) is 53.3 Å². The monoisotopic (exact) mass is 591 g/mol. The van der Waals surface area contributed by atoms with Crippen molar-refractivity contribution < 1.29 is 18.7 Å². The van der Waals surface area contributed by atoms with E-state index < -0.39 is 17.1 Å². The Kier molecular flexibility index (Phi) is 7.04. The molecule has 2 aliphatic heterocycles. The molecule has 1 amide bonds. The van der Waals surface area contributed by atoms with Crippen LogP contribution in [0.1, 0.15) is 33.3 Å². The summed E-state index contributed by atoms with van der Waals surface area (Å²) in [7, 11) is 0. The van der Waals surface area contributed by atoms with Crippen molar-refractivity contribution in [3.05, 3.63) is 75.4 Å². The SMILES string of the molecule is C[C@H]1CN(C(=O)OC(C)(C)C)CCN1c1nc(=O)n2c3nc(c(Cl)cc13)-c1c(F)cccc1OCCc1ccccc1-2. The topological polar surface area (TPSA) is 89.8 Å². The van der Waals surface area contributed by atoms with Crippen molar-refractivity contribution in [2.24, 2.45) is 0 Å². The Bertz CT molecular complexity index is 1770. The zero-order valence-corrected chi connectivity index (χ0v) is 24.6. The second-order valence-electron chi connectivity index (χ2n) is 11.6. The molecule has 0 N–H and O–H groups in total. The highest BCUT2D eigenvalue weighted by Gasteiger charge is 2.33. The maximum Gasteiger partial charge on any atom is 0.410 e. The molecular weight excluding hydrogens is 561 g/mol. The number of hydrogen-bond acceptors (Lipinski definition) is 7. The zero-order chi connectivity index (χ0) is 29.8. The van der Waals surface area contributed by atoms with Crippen LogP contribution in [0, 0.1) is 5.82 Å². The minimum atomic E-state index is -0.610. The molecule has 0 radical (unpaired) electrons. The standard InChI is InChI=1S/C31H31ClFN5O4/c1-18-17-36(30(40)42-31(2,3)4)13-14-37(18)27-20-16-21(32)26-25-22(33)9-7-11-24(25)41-15-12-19-8-5-6-10-23(19)38(28(20)34-26)29(39)35-27/h5-11,16,18H,12-15,17H2,1-4H3/t18-/m0/s1. The van der Waals surface area contributed by atoms with Crippen LogP contribution >= 0.6 is 11.6 Å². The number of benzene rings is 2. The summed E-state index contributed by atoms with van der Waals surface area (Å²) in [5.41, 5.74) is 0.937. The van der Waals surface area contributed by atoms with Gasteiger partial charge in [-0.3, -0.25) is 0 Å². The minimum Gasteiger partial charge on any atom is -0.492 e. The molecule has 2 aromatic heterocycles. The van der Waals surface area contributed by atoms with Gasteiger partial charge in [0, 0.05) is 32.1 Å². The van der Waals surface area contributed by atoms with Crippen LogP contribution in [-0.2, 0) is 11.2 Å². The molecule has 1 saturated heterocycles. The molecule has 6 rings (SSSR count). The number of piperazine rings is 1. The summed E-state index contributed by atoms with van der Waals surface area (Å²) < 4.78 is 28.4. The summed E-state index contributed by atoms with van der Waals surface area (Å²) >= 11 is 6.82. The van der Waals surface area contributed by atoms with Gasteiger partial charge in [0.2, 0.25) is 0 Å². The molecular formula is C31H31ClFN5O4. The molecule has 2 aliphatic rings. The largest absolute Gasteiger partial charge is 0.492 e. The Balaban J connectivity index is 1.54. The van der Waals surface area contributed by atoms with Crippen molar-refractivity contribution in [3.8, 4) is 22.7 Å². The molecule has 1 fully saturated rings. The number of carbonyl (C=O) groups excluding carboxylic acids is 1. The van der Waals surface area contributed by atoms with Crippen LogP contribution in [0.4, 0.5) is 15.0 Å². The fourth-order valence-electron chi connectivity index (χ4n) is 5.55. The number of carbonyl (C=O) groups is 1. The van der Waals surface area contributed by atoms with E-state index in [0.717, 1.165) is 5.56 Å². The Hall–Kier alpha value is -4.18. The fourth-order valence-corrected chi connectivity index (χ4v) is 5.79. The van der Waals surface area contributed by atoms with Gasteiger partial charge in [0.15, 0.2) is 5.65 Å². The molecule has 0 spiro atoms. The Morgan fingerprint density at radius 1 is 1.12 bits per heavy atom. The van der Waals surface area contributed by atoms with Crippen LogP contribution in [0.25, 0.3) is 28.0 Å². The number of para-hydroxylation sites is 1. The first-order chi connectivity index (χ1) is 20.0. The van der Waals surface area contributed by atoms with Gasteiger partial charge in [-0.15, -0.1) is 0 Å². The molecule has 4 aromatic rings. The van der Waals surface area contributed by atoms with Crippen molar-refractivity contribution in [1.29, 1.82) is 0 Å². The molecule has 11 heteroatoms. The molecule has 1 atom stereocenters. The van der Waals surface area contributed by atoms with Gasteiger partial charge < -0.3 is 19.3 Å². The molecule has 9 nitrogen and oxygen atoms in total. The maximum absolute atomic E-state index is 15.3. The third kappa shape index (κ3) is 5.04. The lowest BCUT2D eigenvalue weighted by molar-refractivity contribution is 0.0218. The highest BCUT2D eigenvalue weighted by atomic mass is 35.5. The molecule has 42 heavy (non-hydrogen) atoms. The lowest BCUT2D eigenvalue weighted by Crippen LogP contribution is -2.55. The van der Waals surface area contributed by atoms with E-state index >= 15 is 4.39 Å². The van der Waals surface area contributed by atoms with Crippen molar-refractivity contribution in [2.45, 2.75) is 45.8 Å². The second-order valence-corrected chi connectivity index (χ2v) is 12.0. The number of fused-ring (bicyclic) bond motifs is 5. The molecule has 2 aromatic carbocycles. The van der Waals surface area contributed by atoms with Gasteiger partial charge in [-0.1, -0.05) is 35.9 Å². The van der Waals surface area contributed by atoms with Gasteiger partial charge >= 0.3 is 11.8 Å². The maximum atomic E-state index is 15.3. The second kappa shape index (κ2) is 10.6. The number of anilines is 1. The molecule has 218 valence electrons. The quantitative estimate of drug-likeness (QED) is 0.284. The van der Waals surface area contributed by atoms with E-state index in [1.54, 1.807) is 23.1 Å². The highest BCUT2D eigenvalue weighted by Crippen LogP contribution is 2.39. The first-order valence-corrected chi connectivity index (χ1v) is 14.3. The first-order valence-electron chi connectivity index (χ1n) is 13.9. The van der Waals surface area contributed by atoms with Crippen molar-refractivity contribution in [2.75, 3.05) is 31.1 Å². The van der Waals surface area contributed by atoms with E-state index in [4.69, 9.17) is 26.1 Å². The van der Waals surface area contributed by atoms with E-state index in [0.29, 0.717) is 54.3 Å². The molecule has 2 bridgehead atoms. The van der Waals surface area contributed by atoms with Gasteiger partial charge in [-0.25, -0.2) is 23.5 Å². The van der Waals surface area contributed by atoms with Crippen molar-refractivity contribution >= 4 is 34.5 Å². The lowest BCUT2D eigenvalue weighted by atomic mass is 10.1. The summed E-state index contributed by atoms with van der Waals surface area (Å²) in [4.78, 5) is 39.7. The molecule has 0 saturated carbocycles. The number of aromatic nitrogens is 3. The van der Waals surface area contributed by atoms with Crippen LogP contribution in [0.2, 0.25) is 5.02 Å². The summed E-state index contributed by atoms with van der Waals surface area (Å²) in [6.07, 6.45) is 0.0801. The average Bonchev–Trinajstić information content (AvgIpc) is 2.95. The molecule has 0 aliphatic carbocycles. The Morgan fingerprint density at radius 2 is 1.90 bits per heavy atom. The number of rotatable bonds is 1. The smallest absolute Gasteiger partial charge is 0.410 e. The number of amides is 1. The van der Waals surface area contributed by atoms with Gasteiger partial charge in [-0.2, -0.15) is 4.98 Å². The fraction of sp³-hybridized carbons (Fsp3) is 0.355. The predicted octanol–water partition coefficient (Wildman–Crippen LogP) is 5.62. The van der Waals surface area contributed by atoms with E-state index in [-0.39, 0.29) is 35.0 Å². The highest BCUT2D eigenvalue weighted by molar-refractivity contribution is 6.34. The van der Waals surface area contributed by atoms with E-state index in [2.05, 4.69) is 4.98 Å². The number of ether oxygens (including phenoxy) is 2. The molecule has 4 heterocycles. The number of hydrogen-bond donors (Lipinski definition) is 0. The zero-order valence-electron chi connectivity index (χ0n) is 23.9. The summed E-state index contributed by atoms with van der Waals surface area (Å²) in [5.74, 6) is 0.187. The van der Waals surface area contributed by atoms with Crippen molar-refractivity contribution in [3.63, 3.8) is 0 Å². The van der Waals surface area contributed by atoms with E-state index in [9.17, 15) is 9.59 Å². The van der Waals surface area contributed by atoms with E-state index in [1.807, 2.05) is 56.9 Å². The average molecular weight is 592 g/mol. The number of pyridine rings is 1. The Morgan fingerprint density at radius 3 is 2.67 bits per heavy atom. The minimum absolute atomic E-state index is 0.132. The summed E-state index contributed by atoms with van der Waals surface area (Å²) in [6.45, 7) is 8.86. The van der Waals surface area contributed by atoms with Gasteiger partial charge in [0.1, 0.15) is 23.0 Å². The van der Waals surface area contributed by atoms with Crippen molar-refractivity contribution in [1.82, 2.24) is 19.4 Å². The van der Waals surface area contributed by atoms with Gasteiger partial charge in [-0.05, 0) is 57.5 Å². The number of nitrogens with zero attached hydrogens (tertiary/aromatic N) is 5. The van der Waals surface area contributed by atoms with Crippen LogP contribution < -0.4 is 15.3 Å². The third-order valence-corrected chi connectivity index (χ3v) is 7.71. The van der Waals surface area contributed by atoms with Crippen LogP contribution in [0.3, 0.4) is 0 Å². The number of halogens is 2. The third-order valence-electron chi connectivity index (χ3n) is 7.43. The summed E-state index contributed by atoms with van der Waals surface area (Å²) in [5, 5.41) is 0.729. The Labute approximate surface area is 247 Å².